The molecule has 0 radical (unpaired) electrons. The number of aliphatic hydroxyl groups excluding tert-OH is 1. The van der Waals surface area contributed by atoms with E-state index in [2.05, 4.69) is 32.4 Å². The van der Waals surface area contributed by atoms with Gasteiger partial charge in [-0.1, -0.05) is 50.2 Å². The van der Waals surface area contributed by atoms with Crippen molar-refractivity contribution in [3.63, 3.8) is 0 Å². The Hall–Kier alpha value is -5.64. The number of β-amino-alcohol motifs (C(OH)–C–C–N with tert-alkyl or cyclic N) is 1. The molecule has 5 atom stereocenters. The van der Waals surface area contributed by atoms with Crippen LogP contribution in [0.2, 0.25) is 0 Å². The number of nitrogens with one attached hydrogen (secondary N) is 3. The summed E-state index contributed by atoms with van der Waals surface area (Å²) in [6.07, 6.45) is 5.71. The molecule has 0 bridgehead atoms. The molecular formula is C43H51N9O6. The predicted octanol–water partition coefficient (Wildman–Crippen LogP) is 5.11. The molecule has 8 rings (SSSR count). The summed E-state index contributed by atoms with van der Waals surface area (Å²) in [5, 5.41) is 14.2. The Kier molecular flexibility index (Phi) is 11.3. The molecule has 3 saturated heterocycles. The summed E-state index contributed by atoms with van der Waals surface area (Å²) in [4.78, 5) is 64.0. The molecule has 3 aliphatic heterocycles. The second kappa shape index (κ2) is 16.7. The van der Waals surface area contributed by atoms with Gasteiger partial charge in [0.05, 0.1) is 66.3 Å². The van der Waals surface area contributed by atoms with Gasteiger partial charge in [0.2, 0.25) is 11.8 Å². The van der Waals surface area contributed by atoms with Gasteiger partial charge in [-0.3, -0.25) is 9.59 Å². The minimum atomic E-state index is -0.689. The van der Waals surface area contributed by atoms with Gasteiger partial charge >= 0.3 is 6.09 Å². The predicted molar refractivity (Wildman–Crippen MR) is 217 cm³/mol. The molecular weight excluding hydrogens is 739 g/mol. The zero-order chi connectivity index (χ0) is 40.5. The van der Waals surface area contributed by atoms with Crippen LogP contribution in [0.4, 0.5) is 4.79 Å². The lowest BCUT2D eigenvalue weighted by molar-refractivity contribution is -0.137. The Morgan fingerprint density at radius 2 is 1.55 bits per heavy atom. The van der Waals surface area contributed by atoms with Crippen LogP contribution in [-0.2, 0) is 19.1 Å². The number of hydrogen-bond donors (Lipinski definition) is 5. The van der Waals surface area contributed by atoms with Crippen LogP contribution in [0.1, 0.15) is 69.7 Å². The highest BCUT2D eigenvalue weighted by atomic mass is 16.5. The fourth-order valence-corrected chi connectivity index (χ4v) is 8.48. The second-order valence-electron chi connectivity index (χ2n) is 16.0. The molecule has 304 valence electrons. The van der Waals surface area contributed by atoms with E-state index in [-0.39, 0.29) is 42.3 Å². The molecule has 2 aromatic carbocycles. The van der Waals surface area contributed by atoms with Crippen LogP contribution in [0.15, 0.2) is 67.0 Å². The van der Waals surface area contributed by atoms with Crippen molar-refractivity contribution in [1.29, 1.82) is 0 Å². The summed E-state index contributed by atoms with van der Waals surface area (Å²) >= 11 is 0. The number of benzene rings is 2. The third kappa shape index (κ3) is 7.93. The van der Waals surface area contributed by atoms with Crippen molar-refractivity contribution < 1.29 is 29.0 Å². The largest absolute Gasteiger partial charge is 0.453 e. The number of aliphatic hydroxyl groups is 1. The molecule has 0 unspecified atom stereocenters. The van der Waals surface area contributed by atoms with Crippen molar-refractivity contribution in [2.75, 3.05) is 33.4 Å². The van der Waals surface area contributed by atoms with Crippen molar-refractivity contribution in [3.05, 3.63) is 78.6 Å². The minimum absolute atomic E-state index is 0.0153. The molecule has 0 aliphatic carbocycles. The number of pyridine rings is 1. The summed E-state index contributed by atoms with van der Waals surface area (Å²) in [7, 11) is 1.31. The molecule has 15 nitrogen and oxygen atoms in total. The summed E-state index contributed by atoms with van der Waals surface area (Å²) in [5.74, 6) is 0.997. The van der Waals surface area contributed by atoms with Crippen LogP contribution in [0.25, 0.3) is 44.7 Å². The van der Waals surface area contributed by atoms with Gasteiger partial charge in [-0.05, 0) is 61.3 Å². The third-order valence-electron chi connectivity index (χ3n) is 11.9. The maximum atomic E-state index is 14.0. The first-order valence-corrected chi connectivity index (χ1v) is 20.2. The van der Waals surface area contributed by atoms with E-state index < -0.39 is 24.3 Å². The average molecular weight is 790 g/mol. The molecule has 3 aromatic heterocycles. The molecule has 6 heterocycles. The lowest BCUT2D eigenvalue weighted by Crippen LogP contribution is -2.53. The summed E-state index contributed by atoms with van der Waals surface area (Å²) in [6.45, 7) is 5.76. The Morgan fingerprint density at radius 1 is 0.879 bits per heavy atom. The fraction of sp³-hybridized carbons (Fsp3) is 0.442. The molecule has 3 aliphatic rings. The number of rotatable bonds is 10. The first-order valence-electron chi connectivity index (χ1n) is 20.2. The molecule has 0 saturated carbocycles. The van der Waals surface area contributed by atoms with Gasteiger partial charge in [-0.2, -0.15) is 0 Å². The highest BCUT2D eigenvalue weighted by Gasteiger charge is 2.41. The number of aromatic nitrogens is 5. The lowest BCUT2D eigenvalue weighted by Gasteiger charge is -2.34. The number of nitrogens with two attached hydrogens (primary N) is 1. The number of carbonyl (C=O) groups excluding carboxylic acids is 3. The Labute approximate surface area is 336 Å². The number of imidazole rings is 2. The smallest absolute Gasteiger partial charge is 0.407 e. The van der Waals surface area contributed by atoms with Crippen molar-refractivity contribution in [2.24, 2.45) is 17.6 Å². The topological polar surface area (TPSA) is 205 Å². The van der Waals surface area contributed by atoms with Gasteiger partial charge in [-0.25, -0.2) is 19.7 Å². The van der Waals surface area contributed by atoms with Crippen LogP contribution in [0.5, 0.6) is 0 Å². The maximum absolute atomic E-state index is 14.0. The standard InChI is InChI=1S/C43H51N9O6/c1-24(2)37(44)41(54)52-23-30(53)20-36(52)40-46-21-33(48-40)26-8-6-25(7-9-26)31-12-10-28-19-29(11-13-32(28)47-31)34-22-45-39(49-34)35-5-4-16-51(35)42(55)38(50-43(56)57-3)27-14-17-58-18-15-27/h6-13,19,21-22,24,27,30,35-38,53H,4-5,14-18,20,23,44H2,1-3H3,(H,45,49)(H,46,48)(H,50,56)/t30-,35+,36+,37+,38+/m1/s1. The van der Waals surface area contributed by atoms with E-state index >= 15 is 0 Å². The minimum Gasteiger partial charge on any atom is -0.453 e. The number of fused-ring (bicyclic) bond motifs is 1. The summed E-state index contributed by atoms with van der Waals surface area (Å²) in [6, 6.07) is 16.3. The highest BCUT2D eigenvalue weighted by Crippen LogP contribution is 2.36. The molecule has 3 fully saturated rings. The lowest BCUT2D eigenvalue weighted by atomic mass is 9.90. The number of hydrogen-bond acceptors (Lipinski definition) is 10. The molecule has 6 N–H and O–H groups in total. The molecule has 58 heavy (non-hydrogen) atoms. The van der Waals surface area contributed by atoms with Crippen molar-refractivity contribution in [1.82, 2.24) is 40.0 Å². The Morgan fingerprint density at radius 3 is 2.26 bits per heavy atom. The van der Waals surface area contributed by atoms with Gasteiger partial charge in [0.25, 0.3) is 0 Å². The quantitative estimate of drug-likeness (QED) is 0.126. The van der Waals surface area contributed by atoms with Crippen LogP contribution in [0.3, 0.4) is 0 Å². The number of alkyl carbamates (subject to hydrolysis) is 1. The van der Waals surface area contributed by atoms with Crippen molar-refractivity contribution in [3.8, 4) is 33.8 Å². The number of ether oxygens (including phenoxy) is 2. The van der Waals surface area contributed by atoms with Gasteiger partial charge in [0, 0.05) is 49.2 Å². The number of carbonyl (C=O) groups is 3. The first kappa shape index (κ1) is 39.2. The highest BCUT2D eigenvalue weighted by molar-refractivity contribution is 5.87. The third-order valence-corrected chi connectivity index (χ3v) is 11.9. The molecule has 5 aromatic rings. The normalized spacial score (nSPS) is 21.1. The second-order valence-corrected chi connectivity index (χ2v) is 16.0. The van der Waals surface area contributed by atoms with Gasteiger partial charge in [-0.15, -0.1) is 0 Å². The van der Waals surface area contributed by atoms with E-state index in [4.69, 9.17) is 25.2 Å². The van der Waals surface area contributed by atoms with E-state index in [1.807, 2.05) is 61.2 Å². The van der Waals surface area contributed by atoms with Crippen molar-refractivity contribution in [2.45, 2.75) is 76.2 Å². The van der Waals surface area contributed by atoms with E-state index in [0.717, 1.165) is 57.5 Å². The van der Waals surface area contributed by atoms with Crippen molar-refractivity contribution >= 4 is 28.8 Å². The van der Waals surface area contributed by atoms with Crippen LogP contribution in [0, 0.1) is 11.8 Å². The van der Waals surface area contributed by atoms with Crippen LogP contribution in [-0.4, -0.2) is 109 Å². The van der Waals surface area contributed by atoms with E-state index in [1.54, 1.807) is 17.3 Å². The number of methoxy groups -OCH3 is 1. The molecule has 15 heteroatoms. The zero-order valence-electron chi connectivity index (χ0n) is 33.1. The van der Waals surface area contributed by atoms with E-state index in [0.29, 0.717) is 50.7 Å². The first-order chi connectivity index (χ1) is 28.1. The van der Waals surface area contributed by atoms with Crippen LogP contribution < -0.4 is 11.1 Å². The Balaban J connectivity index is 0.949. The number of H-pyrrole nitrogens is 2. The molecule has 0 spiro atoms. The maximum Gasteiger partial charge on any atom is 0.407 e. The van der Waals surface area contributed by atoms with Gasteiger partial charge < -0.3 is 45.4 Å². The Bertz CT molecular complexity index is 2270. The van der Waals surface area contributed by atoms with E-state index in [1.165, 1.54) is 7.11 Å². The van der Waals surface area contributed by atoms with Crippen LogP contribution >= 0.6 is 0 Å². The zero-order valence-corrected chi connectivity index (χ0v) is 33.1. The molecule has 3 amide bonds. The van der Waals surface area contributed by atoms with Gasteiger partial charge in [0.15, 0.2) is 0 Å². The number of likely N-dealkylation sites (tertiary alicyclic amines) is 2. The number of aromatic amines is 2. The number of amides is 3. The monoisotopic (exact) mass is 789 g/mol. The number of nitrogens with zero attached hydrogens (tertiary/aromatic N) is 5. The van der Waals surface area contributed by atoms with E-state index in [9.17, 15) is 19.5 Å². The summed E-state index contributed by atoms with van der Waals surface area (Å²) < 4.78 is 10.4. The SMILES string of the molecule is COC(=O)N[C@H](C(=O)N1CCC[C@H]1c1ncc(-c2ccc3nc(-c4ccc(-c5cnc([C@@H]6C[C@@H](O)CN6C(=O)[C@@H](N)C(C)C)[nH]5)cc4)ccc3c2)[nH]1)C1CCOCC1. The van der Waals surface area contributed by atoms with Gasteiger partial charge in [0.1, 0.15) is 17.7 Å². The fourth-order valence-electron chi connectivity index (χ4n) is 8.48. The average Bonchev–Trinajstić information content (AvgIpc) is 4.09. The summed E-state index contributed by atoms with van der Waals surface area (Å²) in [5.41, 5.74) is 12.4.